The van der Waals surface area contributed by atoms with Gasteiger partial charge in [0.2, 0.25) is 6.79 Å². The van der Waals surface area contributed by atoms with Crippen molar-refractivity contribution in [3.05, 3.63) is 58.8 Å². The Morgan fingerprint density at radius 1 is 0.903 bits per heavy atom. The van der Waals surface area contributed by atoms with E-state index in [2.05, 4.69) is 12.2 Å². The second kappa shape index (κ2) is 8.84. The molecule has 2 amide bonds. The molecule has 0 bridgehead atoms. The van der Waals surface area contributed by atoms with Gasteiger partial charge in [-0.15, -0.1) is 0 Å². The van der Waals surface area contributed by atoms with E-state index in [-0.39, 0.29) is 18.6 Å². The number of nitrogens with one attached hydrogen (secondary N) is 1. The van der Waals surface area contributed by atoms with Gasteiger partial charge in [-0.2, -0.15) is 0 Å². The molecule has 0 fully saturated rings. The van der Waals surface area contributed by atoms with Gasteiger partial charge in [0.05, 0.1) is 5.57 Å². The van der Waals surface area contributed by atoms with Crippen LogP contribution in [-0.2, 0) is 9.59 Å². The van der Waals surface area contributed by atoms with Gasteiger partial charge in [0, 0.05) is 18.3 Å². The van der Waals surface area contributed by atoms with Crippen LogP contribution in [0.4, 0.5) is 5.69 Å². The second-order valence-electron chi connectivity index (χ2n) is 8.06. The Morgan fingerprint density at radius 3 is 2.48 bits per heavy atom. The van der Waals surface area contributed by atoms with Crippen LogP contribution in [0.25, 0.3) is 5.57 Å². The highest BCUT2D eigenvalue weighted by Crippen LogP contribution is 2.36. The highest BCUT2D eigenvalue weighted by Gasteiger charge is 2.39. The van der Waals surface area contributed by atoms with Gasteiger partial charge in [-0.05, 0) is 49.1 Å². The largest absolute Gasteiger partial charge is 0.454 e. The summed E-state index contributed by atoms with van der Waals surface area (Å²) in [4.78, 5) is 28.0. The lowest BCUT2D eigenvalue weighted by molar-refractivity contribution is -0.136. The summed E-state index contributed by atoms with van der Waals surface area (Å²) in [6.07, 6.45) is 4.00. The number of imide groups is 1. The Morgan fingerprint density at radius 2 is 1.71 bits per heavy atom. The van der Waals surface area contributed by atoms with Crippen molar-refractivity contribution in [2.24, 2.45) is 0 Å². The van der Waals surface area contributed by atoms with Crippen molar-refractivity contribution >= 4 is 23.1 Å². The minimum Gasteiger partial charge on any atom is -0.454 e. The maximum Gasteiger partial charge on any atom is 0.278 e. The number of unbranched alkanes of at least 4 members (excludes halogenated alkanes) is 3. The van der Waals surface area contributed by atoms with Gasteiger partial charge in [-0.3, -0.25) is 14.5 Å². The quantitative estimate of drug-likeness (QED) is 0.491. The molecule has 2 aliphatic heterocycles. The first-order valence-electron chi connectivity index (χ1n) is 10.8. The number of amides is 2. The number of carbonyl (C=O) groups excluding carboxylic acids is 2. The second-order valence-corrected chi connectivity index (χ2v) is 8.06. The maximum absolute atomic E-state index is 13.3. The van der Waals surface area contributed by atoms with Crippen molar-refractivity contribution in [3.63, 3.8) is 0 Å². The van der Waals surface area contributed by atoms with E-state index in [0.717, 1.165) is 42.4 Å². The molecule has 1 N–H and O–H groups in total. The van der Waals surface area contributed by atoms with E-state index >= 15 is 0 Å². The molecule has 0 saturated heterocycles. The maximum atomic E-state index is 13.3. The molecule has 0 spiro atoms. The Hall–Kier alpha value is -3.28. The highest BCUT2D eigenvalue weighted by atomic mass is 16.7. The fraction of sp³-hybridized carbons (Fsp3) is 0.360. The highest BCUT2D eigenvalue weighted by molar-refractivity contribution is 6.36. The van der Waals surface area contributed by atoms with Crippen LogP contribution >= 0.6 is 0 Å². The first-order valence-corrected chi connectivity index (χ1v) is 10.8. The lowest BCUT2D eigenvalue weighted by Gasteiger charge is -2.15. The summed E-state index contributed by atoms with van der Waals surface area (Å²) in [5, 5.41) is 3.20. The number of carbonyl (C=O) groups is 2. The molecule has 162 valence electrons. The van der Waals surface area contributed by atoms with Crippen molar-refractivity contribution in [1.82, 2.24) is 4.90 Å². The SMILES string of the molecule is CCCCCCN1C(=O)C(Nc2ccc3c(c2)OCO3)=C(c2ccc(C)c(C)c2)C1=O. The summed E-state index contributed by atoms with van der Waals surface area (Å²) >= 11 is 0. The molecule has 0 atom stereocenters. The summed E-state index contributed by atoms with van der Waals surface area (Å²) in [5.41, 5.74) is 4.37. The van der Waals surface area contributed by atoms with E-state index in [4.69, 9.17) is 9.47 Å². The van der Waals surface area contributed by atoms with Crippen LogP contribution in [0.5, 0.6) is 11.5 Å². The summed E-state index contributed by atoms with van der Waals surface area (Å²) in [6.45, 7) is 6.78. The summed E-state index contributed by atoms with van der Waals surface area (Å²) in [6, 6.07) is 11.3. The van der Waals surface area contributed by atoms with Crippen LogP contribution in [0.3, 0.4) is 0 Å². The Bertz CT molecular complexity index is 1060. The monoisotopic (exact) mass is 420 g/mol. The normalized spacial score (nSPS) is 15.3. The smallest absolute Gasteiger partial charge is 0.278 e. The predicted octanol–water partition coefficient (Wildman–Crippen LogP) is 4.80. The molecule has 31 heavy (non-hydrogen) atoms. The molecule has 0 aliphatic carbocycles. The lowest BCUT2D eigenvalue weighted by Crippen LogP contribution is -2.33. The molecule has 0 saturated carbocycles. The van der Waals surface area contributed by atoms with Gasteiger partial charge in [0.25, 0.3) is 11.8 Å². The molecular weight excluding hydrogens is 392 g/mol. The van der Waals surface area contributed by atoms with Gasteiger partial charge in [0.15, 0.2) is 11.5 Å². The minimum atomic E-state index is -0.285. The minimum absolute atomic E-state index is 0.179. The van der Waals surface area contributed by atoms with Gasteiger partial charge in [-0.25, -0.2) is 0 Å². The van der Waals surface area contributed by atoms with Gasteiger partial charge in [-0.1, -0.05) is 44.4 Å². The van der Waals surface area contributed by atoms with Crippen molar-refractivity contribution in [2.45, 2.75) is 46.5 Å². The Labute approximate surface area is 182 Å². The Kier molecular flexibility index (Phi) is 5.98. The number of aryl methyl sites for hydroxylation is 2. The molecule has 0 aromatic heterocycles. The molecule has 2 aliphatic rings. The third-order valence-electron chi connectivity index (χ3n) is 5.84. The van der Waals surface area contributed by atoms with E-state index < -0.39 is 0 Å². The van der Waals surface area contributed by atoms with Gasteiger partial charge < -0.3 is 14.8 Å². The van der Waals surface area contributed by atoms with Crippen molar-refractivity contribution in [3.8, 4) is 11.5 Å². The molecule has 4 rings (SSSR count). The van der Waals surface area contributed by atoms with E-state index in [1.807, 2.05) is 38.1 Å². The summed E-state index contributed by atoms with van der Waals surface area (Å²) in [5.74, 6) is 0.757. The number of benzene rings is 2. The standard InChI is InChI=1S/C25H28N2O4/c1-4-5-6-7-12-27-24(28)22(18-9-8-16(2)17(3)13-18)23(25(27)29)26-19-10-11-20-21(14-19)31-15-30-20/h8-11,13-14,26H,4-7,12,15H2,1-3H3. The molecule has 2 aromatic rings. The molecule has 6 nitrogen and oxygen atoms in total. The fourth-order valence-electron chi connectivity index (χ4n) is 3.88. The number of hydrogen-bond acceptors (Lipinski definition) is 5. The average Bonchev–Trinajstić information content (AvgIpc) is 3.31. The molecule has 0 unspecified atom stereocenters. The van der Waals surface area contributed by atoms with E-state index in [1.54, 1.807) is 12.1 Å². The van der Waals surface area contributed by atoms with Crippen LogP contribution in [0, 0.1) is 13.8 Å². The molecule has 2 aromatic carbocycles. The molecule has 0 radical (unpaired) electrons. The van der Waals surface area contributed by atoms with Crippen molar-refractivity contribution in [2.75, 3.05) is 18.7 Å². The van der Waals surface area contributed by atoms with Crippen LogP contribution in [-0.4, -0.2) is 30.1 Å². The summed E-state index contributed by atoms with van der Waals surface area (Å²) < 4.78 is 10.8. The van der Waals surface area contributed by atoms with E-state index in [9.17, 15) is 9.59 Å². The zero-order valence-corrected chi connectivity index (χ0v) is 18.3. The number of fused-ring (bicyclic) bond motifs is 1. The third-order valence-corrected chi connectivity index (χ3v) is 5.84. The zero-order chi connectivity index (χ0) is 22.0. The zero-order valence-electron chi connectivity index (χ0n) is 18.3. The predicted molar refractivity (Wildman–Crippen MR) is 120 cm³/mol. The van der Waals surface area contributed by atoms with Crippen molar-refractivity contribution in [1.29, 1.82) is 0 Å². The number of anilines is 1. The number of nitrogens with zero attached hydrogens (tertiary/aromatic N) is 1. The molecular formula is C25H28N2O4. The van der Waals surface area contributed by atoms with Gasteiger partial charge in [0.1, 0.15) is 5.70 Å². The van der Waals surface area contributed by atoms with E-state index in [0.29, 0.717) is 35.0 Å². The van der Waals surface area contributed by atoms with Crippen LogP contribution in [0.2, 0.25) is 0 Å². The molecule has 6 heteroatoms. The first-order chi connectivity index (χ1) is 15.0. The number of hydrogen-bond donors (Lipinski definition) is 1. The average molecular weight is 421 g/mol. The van der Waals surface area contributed by atoms with Crippen LogP contribution in [0.1, 0.15) is 49.3 Å². The fourth-order valence-corrected chi connectivity index (χ4v) is 3.88. The number of ether oxygens (including phenoxy) is 2. The number of rotatable bonds is 8. The lowest BCUT2D eigenvalue weighted by atomic mass is 9.99. The van der Waals surface area contributed by atoms with Crippen molar-refractivity contribution < 1.29 is 19.1 Å². The first kappa shape index (κ1) is 21.0. The topological polar surface area (TPSA) is 67.9 Å². The Balaban J connectivity index is 1.68. The van der Waals surface area contributed by atoms with Gasteiger partial charge >= 0.3 is 0 Å². The summed E-state index contributed by atoms with van der Waals surface area (Å²) in [7, 11) is 0. The van der Waals surface area contributed by atoms with Crippen LogP contribution < -0.4 is 14.8 Å². The van der Waals surface area contributed by atoms with E-state index in [1.165, 1.54) is 4.90 Å². The third kappa shape index (κ3) is 4.15. The molecule has 2 heterocycles. The van der Waals surface area contributed by atoms with Crippen LogP contribution in [0.15, 0.2) is 42.1 Å².